The molecule has 3 aromatic rings. The van der Waals surface area contributed by atoms with Crippen LogP contribution in [0.1, 0.15) is 102 Å². The summed E-state index contributed by atoms with van der Waals surface area (Å²) < 4.78 is 0. The molecular weight excluding hydrogens is 438 g/mol. The smallest absolute Gasteiger partial charge is 0.0912 e. The standard InChI is InChI=1S/C30H39N3.C3H8/c1-7-12-26(13-8-2)33(6)21-32-30-24(9-3)20-25(27-14-10-11-15-28(27)30)18-23-16-17-31-29(19-23)22(4)5;1-3-2/h9-11,14-17,19-22,26H,3,7-8,12-13,18H2,1-2,4-6H3;3H2,1-2H3. The quantitative estimate of drug-likeness (QED) is 0.200. The van der Waals surface area contributed by atoms with Gasteiger partial charge in [0.1, 0.15) is 0 Å². The third-order valence-electron chi connectivity index (χ3n) is 6.37. The summed E-state index contributed by atoms with van der Waals surface area (Å²) in [7, 11) is 2.15. The van der Waals surface area contributed by atoms with E-state index in [4.69, 9.17) is 4.99 Å². The van der Waals surface area contributed by atoms with E-state index in [2.05, 4.69) is 108 Å². The van der Waals surface area contributed by atoms with Crippen molar-refractivity contribution in [3.05, 3.63) is 77.6 Å². The molecule has 0 radical (unpaired) electrons. The Balaban J connectivity index is 0.00000145. The maximum absolute atomic E-state index is 5.00. The highest BCUT2D eigenvalue weighted by Crippen LogP contribution is 2.35. The van der Waals surface area contributed by atoms with Crippen LogP contribution in [0.2, 0.25) is 0 Å². The van der Waals surface area contributed by atoms with Crippen molar-refractivity contribution < 1.29 is 0 Å². The van der Waals surface area contributed by atoms with Crippen molar-refractivity contribution >= 4 is 28.9 Å². The second kappa shape index (κ2) is 15.2. The summed E-state index contributed by atoms with van der Waals surface area (Å²) in [5, 5.41) is 2.43. The molecule has 0 fully saturated rings. The highest BCUT2D eigenvalue weighted by atomic mass is 15.1. The van der Waals surface area contributed by atoms with Crippen LogP contribution in [-0.4, -0.2) is 29.3 Å². The number of hydrogen-bond acceptors (Lipinski definition) is 2. The van der Waals surface area contributed by atoms with Crippen LogP contribution >= 0.6 is 0 Å². The van der Waals surface area contributed by atoms with Crippen molar-refractivity contribution in [2.24, 2.45) is 4.99 Å². The Kier molecular flexibility index (Phi) is 12.4. The molecule has 0 spiro atoms. The first kappa shape index (κ1) is 29.3. The summed E-state index contributed by atoms with van der Waals surface area (Å²) in [4.78, 5) is 11.8. The van der Waals surface area contributed by atoms with Gasteiger partial charge in [-0.2, -0.15) is 0 Å². The summed E-state index contributed by atoms with van der Waals surface area (Å²) in [6.07, 6.45) is 12.7. The van der Waals surface area contributed by atoms with Gasteiger partial charge in [-0.3, -0.25) is 4.98 Å². The van der Waals surface area contributed by atoms with E-state index in [0.717, 1.165) is 23.4 Å². The van der Waals surface area contributed by atoms with Gasteiger partial charge in [0.15, 0.2) is 0 Å². The summed E-state index contributed by atoms with van der Waals surface area (Å²) in [6, 6.07) is 15.7. The molecule has 0 aliphatic rings. The summed E-state index contributed by atoms with van der Waals surface area (Å²) >= 11 is 0. The normalized spacial score (nSPS) is 11.2. The van der Waals surface area contributed by atoms with Gasteiger partial charge in [-0.15, -0.1) is 0 Å². The van der Waals surface area contributed by atoms with Gasteiger partial charge in [-0.1, -0.05) is 97.7 Å². The second-order valence-electron chi connectivity index (χ2n) is 9.99. The number of benzene rings is 2. The van der Waals surface area contributed by atoms with E-state index in [-0.39, 0.29) is 0 Å². The Morgan fingerprint density at radius 2 is 1.61 bits per heavy atom. The lowest BCUT2D eigenvalue weighted by Gasteiger charge is -2.25. The van der Waals surface area contributed by atoms with E-state index in [1.807, 2.05) is 18.6 Å². The summed E-state index contributed by atoms with van der Waals surface area (Å²) in [6.45, 7) is 17.2. The molecule has 0 saturated carbocycles. The highest BCUT2D eigenvalue weighted by molar-refractivity contribution is 5.99. The van der Waals surface area contributed by atoms with Crippen LogP contribution in [0, 0.1) is 0 Å². The number of pyridine rings is 1. The molecule has 36 heavy (non-hydrogen) atoms. The minimum atomic E-state index is 0.420. The van der Waals surface area contributed by atoms with Gasteiger partial charge in [-0.25, -0.2) is 4.99 Å². The van der Waals surface area contributed by atoms with Gasteiger partial charge in [0.2, 0.25) is 0 Å². The molecule has 2 aromatic carbocycles. The molecule has 0 atom stereocenters. The SMILES string of the molecule is C=Cc1cc(Cc2ccnc(C(C)C)c2)c2ccccc2c1N=CN(C)C(CCC)CCC.CCC. The average molecular weight is 486 g/mol. The van der Waals surface area contributed by atoms with Crippen LogP contribution in [-0.2, 0) is 6.42 Å². The molecule has 0 unspecified atom stereocenters. The maximum Gasteiger partial charge on any atom is 0.0912 e. The molecule has 1 aromatic heterocycles. The Hall–Kier alpha value is -2.94. The lowest BCUT2D eigenvalue weighted by molar-refractivity contribution is 0.329. The van der Waals surface area contributed by atoms with Crippen molar-refractivity contribution in [1.29, 1.82) is 0 Å². The van der Waals surface area contributed by atoms with Gasteiger partial charge in [-0.05, 0) is 59.9 Å². The van der Waals surface area contributed by atoms with Crippen LogP contribution < -0.4 is 0 Å². The fraction of sp³-hybridized carbons (Fsp3) is 0.455. The van der Waals surface area contributed by atoms with Gasteiger partial charge < -0.3 is 4.90 Å². The topological polar surface area (TPSA) is 28.5 Å². The number of nitrogens with zero attached hydrogens (tertiary/aromatic N) is 3. The largest absolute Gasteiger partial charge is 0.363 e. The molecule has 3 rings (SSSR count). The molecule has 0 N–H and O–H groups in total. The molecule has 194 valence electrons. The van der Waals surface area contributed by atoms with Crippen LogP contribution in [0.3, 0.4) is 0 Å². The number of hydrogen-bond donors (Lipinski definition) is 0. The number of rotatable bonds is 11. The molecular formula is C33H47N3. The van der Waals surface area contributed by atoms with E-state index >= 15 is 0 Å². The lowest BCUT2D eigenvalue weighted by atomic mass is 9.94. The average Bonchev–Trinajstić information content (AvgIpc) is 2.88. The van der Waals surface area contributed by atoms with Crippen LogP contribution in [0.5, 0.6) is 0 Å². The molecule has 0 aliphatic heterocycles. The van der Waals surface area contributed by atoms with E-state index < -0.39 is 0 Å². The van der Waals surface area contributed by atoms with Gasteiger partial charge in [0, 0.05) is 35.9 Å². The fourth-order valence-corrected chi connectivity index (χ4v) is 4.51. The molecule has 0 aliphatic carbocycles. The zero-order chi connectivity index (χ0) is 26.5. The number of fused-ring (bicyclic) bond motifs is 1. The van der Waals surface area contributed by atoms with E-state index in [0.29, 0.717) is 12.0 Å². The second-order valence-corrected chi connectivity index (χ2v) is 9.99. The molecule has 0 bridgehead atoms. The zero-order valence-corrected chi connectivity index (χ0v) is 23.7. The van der Waals surface area contributed by atoms with Crippen molar-refractivity contribution in [2.75, 3.05) is 7.05 Å². The monoisotopic (exact) mass is 485 g/mol. The zero-order valence-electron chi connectivity index (χ0n) is 23.7. The summed E-state index contributed by atoms with van der Waals surface area (Å²) in [5.41, 5.74) is 5.80. The molecule has 3 heteroatoms. The number of aliphatic imine (C=N–C) groups is 1. The van der Waals surface area contributed by atoms with Crippen molar-refractivity contribution in [3.63, 3.8) is 0 Å². The first-order valence-corrected chi connectivity index (χ1v) is 13.8. The molecule has 3 nitrogen and oxygen atoms in total. The van der Waals surface area contributed by atoms with E-state index in [9.17, 15) is 0 Å². The third-order valence-corrected chi connectivity index (χ3v) is 6.37. The Labute approximate surface area is 220 Å². The van der Waals surface area contributed by atoms with Crippen LogP contribution in [0.15, 0.2) is 60.2 Å². The minimum Gasteiger partial charge on any atom is -0.363 e. The van der Waals surface area contributed by atoms with Gasteiger partial charge in [0.05, 0.1) is 12.0 Å². The predicted octanol–water partition coefficient (Wildman–Crippen LogP) is 9.57. The minimum absolute atomic E-state index is 0.420. The van der Waals surface area contributed by atoms with Crippen LogP contribution in [0.25, 0.3) is 16.8 Å². The molecule has 0 saturated heterocycles. The Morgan fingerprint density at radius 1 is 0.972 bits per heavy atom. The Bertz CT molecular complexity index is 1110. The third kappa shape index (κ3) is 8.05. The summed E-state index contributed by atoms with van der Waals surface area (Å²) in [5.74, 6) is 0.420. The highest BCUT2D eigenvalue weighted by Gasteiger charge is 2.13. The fourth-order valence-electron chi connectivity index (χ4n) is 4.51. The van der Waals surface area contributed by atoms with Crippen molar-refractivity contribution in [2.45, 2.75) is 92.0 Å². The van der Waals surface area contributed by atoms with E-state index in [1.165, 1.54) is 54.0 Å². The van der Waals surface area contributed by atoms with Crippen LogP contribution in [0.4, 0.5) is 5.69 Å². The Morgan fingerprint density at radius 3 is 2.19 bits per heavy atom. The van der Waals surface area contributed by atoms with Crippen molar-refractivity contribution in [1.82, 2.24) is 9.88 Å². The van der Waals surface area contributed by atoms with Gasteiger partial charge >= 0.3 is 0 Å². The van der Waals surface area contributed by atoms with E-state index in [1.54, 1.807) is 0 Å². The first-order chi connectivity index (χ1) is 17.4. The number of aromatic nitrogens is 1. The molecule has 0 amide bonds. The van der Waals surface area contributed by atoms with Gasteiger partial charge in [0.25, 0.3) is 0 Å². The predicted molar refractivity (Wildman–Crippen MR) is 161 cm³/mol. The lowest BCUT2D eigenvalue weighted by Crippen LogP contribution is -2.30. The molecule has 1 heterocycles. The maximum atomic E-state index is 5.00. The van der Waals surface area contributed by atoms with Crippen molar-refractivity contribution in [3.8, 4) is 0 Å². The first-order valence-electron chi connectivity index (χ1n) is 13.8.